The number of carbonyl (C=O) groups is 1. The van der Waals surface area contributed by atoms with Crippen molar-refractivity contribution in [1.29, 1.82) is 0 Å². The Morgan fingerprint density at radius 2 is 1.95 bits per heavy atom. The van der Waals surface area contributed by atoms with Crippen molar-refractivity contribution < 1.29 is 9.18 Å². The number of hydrogen-bond donors (Lipinski definition) is 2. The van der Waals surface area contributed by atoms with Gasteiger partial charge < -0.3 is 11.1 Å². The Labute approximate surface area is 131 Å². The van der Waals surface area contributed by atoms with E-state index >= 15 is 0 Å². The van der Waals surface area contributed by atoms with Crippen molar-refractivity contribution in [3.05, 3.63) is 63.4 Å². The number of nitrogens with one attached hydrogen (secondary N) is 1. The summed E-state index contributed by atoms with van der Waals surface area (Å²) >= 11 is 11.9. The van der Waals surface area contributed by atoms with Crippen LogP contribution in [0.4, 0.5) is 10.1 Å². The Bertz CT molecular complexity index is 677. The summed E-state index contributed by atoms with van der Waals surface area (Å²) in [5, 5.41) is 3.85. The third kappa shape index (κ3) is 4.09. The van der Waals surface area contributed by atoms with Gasteiger partial charge in [-0.1, -0.05) is 29.3 Å². The minimum atomic E-state index is -0.542. The molecule has 0 aliphatic carbocycles. The van der Waals surface area contributed by atoms with Gasteiger partial charge in [-0.15, -0.1) is 0 Å². The van der Waals surface area contributed by atoms with Crippen LogP contribution in [-0.4, -0.2) is 12.5 Å². The smallest absolute Gasteiger partial charge is 0.251 e. The Balaban J connectivity index is 1.93. The second-order valence-corrected chi connectivity index (χ2v) is 5.32. The zero-order valence-electron chi connectivity index (χ0n) is 11.0. The molecule has 0 aliphatic heterocycles. The first-order valence-corrected chi connectivity index (χ1v) is 7.00. The molecule has 2 aromatic rings. The monoisotopic (exact) mass is 326 g/mol. The molecule has 0 bridgehead atoms. The summed E-state index contributed by atoms with van der Waals surface area (Å²) in [7, 11) is 0. The van der Waals surface area contributed by atoms with Gasteiger partial charge in [0.1, 0.15) is 5.82 Å². The summed E-state index contributed by atoms with van der Waals surface area (Å²) in [4.78, 5) is 11.9. The number of hydrogen-bond acceptors (Lipinski definition) is 2. The molecule has 3 nitrogen and oxygen atoms in total. The number of nitrogens with two attached hydrogens (primary N) is 1. The molecule has 0 unspecified atom stereocenters. The number of anilines is 1. The molecule has 0 heterocycles. The number of rotatable bonds is 4. The van der Waals surface area contributed by atoms with Gasteiger partial charge in [0, 0.05) is 22.2 Å². The van der Waals surface area contributed by atoms with E-state index in [4.69, 9.17) is 28.9 Å². The Hall–Kier alpha value is -1.78. The number of halogens is 3. The summed E-state index contributed by atoms with van der Waals surface area (Å²) in [5.41, 5.74) is 6.58. The summed E-state index contributed by atoms with van der Waals surface area (Å²) in [6, 6.07) is 9.06. The maximum atomic E-state index is 13.0. The molecule has 0 aliphatic rings. The molecular formula is C15H13Cl2FN2O. The summed E-state index contributed by atoms with van der Waals surface area (Å²) in [6.07, 6.45) is 0.568. The maximum Gasteiger partial charge on any atom is 0.251 e. The van der Waals surface area contributed by atoms with Gasteiger partial charge in [-0.3, -0.25) is 4.79 Å². The highest BCUT2D eigenvalue weighted by Crippen LogP contribution is 2.21. The number of nitrogen functional groups attached to an aromatic ring is 1. The molecule has 0 fully saturated rings. The SMILES string of the molecule is Nc1cc(C(=O)NCCc2ccc(Cl)cc2Cl)ccc1F. The fourth-order valence-corrected chi connectivity index (χ4v) is 2.33. The molecule has 3 N–H and O–H groups in total. The zero-order chi connectivity index (χ0) is 15.4. The van der Waals surface area contributed by atoms with Gasteiger partial charge in [-0.05, 0) is 42.3 Å². The van der Waals surface area contributed by atoms with Gasteiger partial charge in [0.05, 0.1) is 5.69 Å². The van der Waals surface area contributed by atoms with E-state index in [0.29, 0.717) is 28.6 Å². The molecule has 2 aromatic carbocycles. The fourth-order valence-electron chi connectivity index (χ4n) is 1.82. The lowest BCUT2D eigenvalue weighted by molar-refractivity contribution is 0.0954. The molecule has 0 aromatic heterocycles. The van der Waals surface area contributed by atoms with Crippen molar-refractivity contribution in [2.24, 2.45) is 0 Å². The van der Waals surface area contributed by atoms with Gasteiger partial charge in [0.25, 0.3) is 5.91 Å². The molecule has 2 rings (SSSR count). The van der Waals surface area contributed by atoms with E-state index in [1.807, 2.05) is 6.07 Å². The van der Waals surface area contributed by atoms with Crippen LogP contribution in [0.2, 0.25) is 10.0 Å². The van der Waals surface area contributed by atoms with E-state index in [9.17, 15) is 9.18 Å². The zero-order valence-corrected chi connectivity index (χ0v) is 12.5. The van der Waals surface area contributed by atoms with Crippen LogP contribution >= 0.6 is 23.2 Å². The number of amides is 1. The second-order valence-electron chi connectivity index (χ2n) is 4.48. The van der Waals surface area contributed by atoms with Gasteiger partial charge in [-0.2, -0.15) is 0 Å². The third-order valence-electron chi connectivity index (χ3n) is 2.95. The first-order valence-electron chi connectivity index (χ1n) is 6.24. The van der Waals surface area contributed by atoms with Crippen LogP contribution in [0.1, 0.15) is 15.9 Å². The summed E-state index contributed by atoms with van der Waals surface area (Å²) in [5.74, 6) is -0.855. The maximum absolute atomic E-state index is 13.0. The van der Waals surface area contributed by atoms with Crippen LogP contribution in [0.15, 0.2) is 36.4 Å². The molecular weight excluding hydrogens is 314 g/mol. The minimum Gasteiger partial charge on any atom is -0.396 e. The topological polar surface area (TPSA) is 55.1 Å². The van der Waals surface area contributed by atoms with Crippen LogP contribution < -0.4 is 11.1 Å². The molecule has 21 heavy (non-hydrogen) atoms. The van der Waals surface area contributed by atoms with Crippen LogP contribution in [0, 0.1) is 5.82 Å². The lowest BCUT2D eigenvalue weighted by Gasteiger charge is -2.08. The van der Waals surface area contributed by atoms with Gasteiger partial charge in [-0.25, -0.2) is 4.39 Å². The highest BCUT2D eigenvalue weighted by atomic mass is 35.5. The Kier molecular flexibility index (Phi) is 5.04. The molecule has 1 amide bonds. The van der Waals surface area contributed by atoms with Crippen LogP contribution in [0.3, 0.4) is 0 Å². The van der Waals surface area contributed by atoms with Crippen molar-refractivity contribution in [2.75, 3.05) is 12.3 Å². The van der Waals surface area contributed by atoms with E-state index < -0.39 is 5.82 Å². The normalized spacial score (nSPS) is 10.4. The van der Waals surface area contributed by atoms with Crippen molar-refractivity contribution in [1.82, 2.24) is 5.32 Å². The first kappa shape index (κ1) is 15.6. The average Bonchev–Trinajstić information content (AvgIpc) is 2.44. The average molecular weight is 327 g/mol. The van der Waals surface area contributed by atoms with Crippen molar-refractivity contribution in [3.8, 4) is 0 Å². The lowest BCUT2D eigenvalue weighted by atomic mass is 10.1. The fraction of sp³-hybridized carbons (Fsp3) is 0.133. The van der Waals surface area contributed by atoms with Crippen molar-refractivity contribution in [2.45, 2.75) is 6.42 Å². The van der Waals surface area contributed by atoms with Crippen LogP contribution in [-0.2, 0) is 6.42 Å². The largest absolute Gasteiger partial charge is 0.396 e. The summed E-state index contributed by atoms with van der Waals surface area (Å²) < 4.78 is 13.0. The molecule has 0 saturated heterocycles. The Morgan fingerprint density at radius 3 is 2.62 bits per heavy atom. The van der Waals surface area contributed by atoms with E-state index in [-0.39, 0.29) is 11.6 Å². The van der Waals surface area contributed by atoms with Crippen molar-refractivity contribution in [3.63, 3.8) is 0 Å². The quantitative estimate of drug-likeness (QED) is 0.842. The van der Waals surface area contributed by atoms with E-state index in [1.165, 1.54) is 18.2 Å². The number of carbonyl (C=O) groups excluding carboxylic acids is 1. The molecule has 6 heteroatoms. The van der Waals surface area contributed by atoms with Crippen molar-refractivity contribution >= 4 is 34.8 Å². The molecule has 0 atom stereocenters. The van der Waals surface area contributed by atoms with Crippen LogP contribution in [0.5, 0.6) is 0 Å². The minimum absolute atomic E-state index is 0.0524. The molecule has 0 radical (unpaired) electrons. The predicted octanol–water partition coefficient (Wildman–Crippen LogP) is 3.69. The van der Waals surface area contributed by atoms with Gasteiger partial charge >= 0.3 is 0 Å². The molecule has 110 valence electrons. The van der Waals surface area contributed by atoms with E-state index in [0.717, 1.165) is 5.56 Å². The van der Waals surface area contributed by atoms with Gasteiger partial charge in [0.2, 0.25) is 0 Å². The molecule has 0 saturated carbocycles. The number of benzene rings is 2. The Morgan fingerprint density at radius 1 is 1.19 bits per heavy atom. The standard InChI is InChI=1S/C15H13Cl2FN2O/c16-11-3-1-9(12(17)8-11)5-6-20-15(21)10-2-4-13(18)14(19)7-10/h1-4,7-8H,5-6,19H2,(H,20,21). The highest BCUT2D eigenvalue weighted by molar-refractivity contribution is 6.35. The second kappa shape index (κ2) is 6.78. The lowest BCUT2D eigenvalue weighted by Crippen LogP contribution is -2.25. The van der Waals surface area contributed by atoms with E-state index in [1.54, 1.807) is 12.1 Å². The summed E-state index contributed by atoms with van der Waals surface area (Å²) in [6.45, 7) is 0.400. The van der Waals surface area contributed by atoms with E-state index in [2.05, 4.69) is 5.32 Å². The first-order chi connectivity index (χ1) is 9.97. The third-order valence-corrected chi connectivity index (χ3v) is 3.54. The highest BCUT2D eigenvalue weighted by Gasteiger charge is 2.08. The molecule has 0 spiro atoms. The van der Waals surface area contributed by atoms with Gasteiger partial charge in [0.15, 0.2) is 0 Å². The predicted molar refractivity (Wildman–Crippen MR) is 83.3 cm³/mol. The van der Waals surface area contributed by atoms with Crippen LogP contribution in [0.25, 0.3) is 0 Å².